The van der Waals surface area contributed by atoms with E-state index in [2.05, 4.69) is 58.6 Å². The summed E-state index contributed by atoms with van der Waals surface area (Å²) in [5.74, 6) is 0.176. The van der Waals surface area contributed by atoms with Crippen LogP contribution in [-0.4, -0.2) is 73.0 Å². The van der Waals surface area contributed by atoms with Crippen LogP contribution in [0.25, 0.3) is 0 Å². The van der Waals surface area contributed by atoms with Gasteiger partial charge in [-0.1, -0.05) is 42.5 Å². The van der Waals surface area contributed by atoms with Gasteiger partial charge in [-0.25, -0.2) is 0 Å². The first kappa shape index (κ1) is 20.1. The second-order valence-electron chi connectivity index (χ2n) is 8.34. The summed E-state index contributed by atoms with van der Waals surface area (Å²) in [6.45, 7) is 7.76. The highest BCUT2D eigenvalue weighted by Crippen LogP contribution is 2.19. The lowest BCUT2D eigenvalue weighted by molar-refractivity contribution is 0.0773. The molecule has 2 fully saturated rings. The molecule has 0 radical (unpaired) electrons. The van der Waals surface area contributed by atoms with Crippen molar-refractivity contribution in [1.82, 2.24) is 20.0 Å². The van der Waals surface area contributed by atoms with Crippen LogP contribution in [-0.2, 0) is 13.1 Å². The van der Waals surface area contributed by atoms with Gasteiger partial charge in [0.05, 0.1) is 0 Å². The average Bonchev–Trinajstić information content (AvgIpc) is 3.25. The molecule has 154 valence electrons. The number of hydrogen-bond acceptors (Lipinski definition) is 4. The first-order chi connectivity index (χ1) is 14.2. The number of rotatable bonds is 6. The quantitative estimate of drug-likeness (QED) is 0.820. The van der Waals surface area contributed by atoms with Crippen molar-refractivity contribution in [3.8, 4) is 0 Å². The fraction of sp³-hybridized carbons (Fsp3) is 0.458. The zero-order valence-corrected chi connectivity index (χ0v) is 17.4. The van der Waals surface area contributed by atoms with E-state index in [1.165, 1.54) is 11.1 Å². The van der Waals surface area contributed by atoms with Gasteiger partial charge in [-0.15, -0.1) is 0 Å². The molecule has 1 N–H and O–H groups in total. The molecule has 0 aliphatic carbocycles. The van der Waals surface area contributed by atoms with Crippen LogP contribution in [0.3, 0.4) is 0 Å². The average molecular weight is 393 g/mol. The summed E-state index contributed by atoms with van der Waals surface area (Å²) in [7, 11) is 2.13. The summed E-state index contributed by atoms with van der Waals surface area (Å²) < 4.78 is 0. The smallest absolute Gasteiger partial charge is 0.253 e. The Balaban J connectivity index is 1.35. The van der Waals surface area contributed by atoms with Gasteiger partial charge < -0.3 is 10.2 Å². The number of hydrogen-bond donors (Lipinski definition) is 1. The molecule has 2 aromatic rings. The van der Waals surface area contributed by atoms with E-state index < -0.39 is 0 Å². The molecular weight excluding hydrogens is 360 g/mol. The lowest BCUT2D eigenvalue weighted by atomic mass is 10.1. The molecule has 2 heterocycles. The molecule has 29 heavy (non-hydrogen) atoms. The van der Waals surface area contributed by atoms with Crippen LogP contribution in [0.1, 0.15) is 27.9 Å². The summed E-state index contributed by atoms with van der Waals surface area (Å²) in [5.41, 5.74) is 3.31. The second-order valence-corrected chi connectivity index (χ2v) is 8.34. The van der Waals surface area contributed by atoms with Crippen LogP contribution in [0.5, 0.6) is 0 Å². The predicted octanol–water partition coefficient (Wildman–Crippen LogP) is 2.44. The normalized spacial score (nSPS) is 20.3. The standard InChI is InChI=1S/C24H32N4O/c1-26(17-20-6-3-2-4-7-20)18-21-8-5-9-22(16-21)24(29)28-13-10-23(19-28)27-14-11-25-12-15-27/h2-9,16,23,25H,10-15,17-19H2,1H3. The van der Waals surface area contributed by atoms with Crippen molar-refractivity contribution in [2.45, 2.75) is 25.6 Å². The predicted molar refractivity (Wildman–Crippen MR) is 117 cm³/mol. The number of carbonyl (C=O) groups excluding carboxylic acids is 1. The van der Waals surface area contributed by atoms with Gasteiger partial charge in [-0.3, -0.25) is 14.6 Å². The van der Waals surface area contributed by atoms with E-state index in [0.717, 1.165) is 64.3 Å². The van der Waals surface area contributed by atoms with E-state index >= 15 is 0 Å². The van der Waals surface area contributed by atoms with E-state index in [4.69, 9.17) is 0 Å². The monoisotopic (exact) mass is 392 g/mol. The number of likely N-dealkylation sites (tertiary alicyclic amines) is 1. The Kier molecular flexibility index (Phi) is 6.60. The molecule has 1 amide bonds. The third kappa shape index (κ3) is 5.24. The Hall–Kier alpha value is -2.21. The van der Waals surface area contributed by atoms with Gasteiger partial charge in [-0.05, 0) is 36.7 Å². The molecule has 0 bridgehead atoms. The van der Waals surface area contributed by atoms with Crippen molar-refractivity contribution in [3.63, 3.8) is 0 Å². The van der Waals surface area contributed by atoms with Gasteiger partial charge in [0.25, 0.3) is 5.91 Å². The fourth-order valence-electron chi connectivity index (χ4n) is 4.52. The highest BCUT2D eigenvalue weighted by atomic mass is 16.2. The zero-order valence-electron chi connectivity index (χ0n) is 17.4. The first-order valence-corrected chi connectivity index (χ1v) is 10.7. The number of carbonyl (C=O) groups is 1. The van der Waals surface area contributed by atoms with E-state index in [1.54, 1.807) is 0 Å². The Morgan fingerprint density at radius 3 is 2.52 bits per heavy atom. The van der Waals surface area contributed by atoms with Crippen LogP contribution >= 0.6 is 0 Å². The van der Waals surface area contributed by atoms with Crippen LogP contribution < -0.4 is 5.32 Å². The molecule has 0 saturated carbocycles. The second kappa shape index (κ2) is 9.53. The molecule has 2 aliphatic rings. The number of piperazine rings is 1. The lowest BCUT2D eigenvalue weighted by Crippen LogP contribution is -2.49. The number of nitrogens with one attached hydrogen (secondary N) is 1. The molecule has 2 aromatic carbocycles. The Morgan fingerprint density at radius 1 is 1.00 bits per heavy atom. The topological polar surface area (TPSA) is 38.8 Å². The molecule has 2 saturated heterocycles. The minimum Gasteiger partial charge on any atom is -0.337 e. The molecule has 0 spiro atoms. The highest BCUT2D eigenvalue weighted by molar-refractivity contribution is 5.94. The first-order valence-electron chi connectivity index (χ1n) is 10.7. The molecular formula is C24H32N4O. The maximum Gasteiger partial charge on any atom is 0.253 e. The highest BCUT2D eigenvalue weighted by Gasteiger charge is 2.31. The fourth-order valence-corrected chi connectivity index (χ4v) is 4.52. The zero-order chi connectivity index (χ0) is 20.1. The van der Waals surface area contributed by atoms with Crippen LogP contribution in [0.15, 0.2) is 54.6 Å². The van der Waals surface area contributed by atoms with Gasteiger partial charge >= 0.3 is 0 Å². The molecule has 2 aliphatic heterocycles. The SMILES string of the molecule is CN(Cc1ccccc1)Cc1cccc(C(=O)N2CCC(N3CCNCC3)C2)c1. The lowest BCUT2D eigenvalue weighted by Gasteiger charge is -2.32. The molecule has 4 rings (SSSR count). The summed E-state index contributed by atoms with van der Waals surface area (Å²) >= 11 is 0. The minimum atomic E-state index is 0.176. The summed E-state index contributed by atoms with van der Waals surface area (Å²) in [6, 6.07) is 19.2. The van der Waals surface area contributed by atoms with Crippen molar-refractivity contribution >= 4 is 5.91 Å². The number of amides is 1. The van der Waals surface area contributed by atoms with Crippen molar-refractivity contribution in [2.24, 2.45) is 0 Å². The van der Waals surface area contributed by atoms with E-state index in [1.807, 2.05) is 23.1 Å². The Labute approximate surface area is 174 Å². The van der Waals surface area contributed by atoms with Gasteiger partial charge in [0, 0.05) is 64.0 Å². The van der Waals surface area contributed by atoms with Crippen LogP contribution in [0.4, 0.5) is 0 Å². The van der Waals surface area contributed by atoms with E-state index in [-0.39, 0.29) is 5.91 Å². The molecule has 1 atom stereocenters. The third-order valence-corrected chi connectivity index (χ3v) is 6.04. The van der Waals surface area contributed by atoms with Gasteiger partial charge in [0.2, 0.25) is 0 Å². The van der Waals surface area contributed by atoms with Crippen molar-refractivity contribution in [3.05, 3.63) is 71.3 Å². The minimum absolute atomic E-state index is 0.176. The number of nitrogens with zero attached hydrogens (tertiary/aromatic N) is 3. The molecule has 1 unspecified atom stereocenters. The summed E-state index contributed by atoms with van der Waals surface area (Å²) in [6.07, 6.45) is 1.09. The molecule has 5 heteroatoms. The van der Waals surface area contributed by atoms with Crippen molar-refractivity contribution in [2.75, 3.05) is 46.3 Å². The van der Waals surface area contributed by atoms with Crippen LogP contribution in [0.2, 0.25) is 0 Å². The van der Waals surface area contributed by atoms with Crippen molar-refractivity contribution in [1.29, 1.82) is 0 Å². The summed E-state index contributed by atoms with van der Waals surface area (Å²) in [4.78, 5) is 20.0. The van der Waals surface area contributed by atoms with Gasteiger partial charge in [-0.2, -0.15) is 0 Å². The maximum absolute atomic E-state index is 13.1. The van der Waals surface area contributed by atoms with Crippen molar-refractivity contribution < 1.29 is 4.79 Å². The molecule has 0 aromatic heterocycles. The largest absolute Gasteiger partial charge is 0.337 e. The van der Waals surface area contributed by atoms with Crippen LogP contribution in [0, 0.1) is 0 Å². The maximum atomic E-state index is 13.1. The Bertz CT molecular complexity index is 804. The Morgan fingerprint density at radius 2 is 1.72 bits per heavy atom. The number of benzene rings is 2. The van der Waals surface area contributed by atoms with E-state index in [0.29, 0.717) is 6.04 Å². The van der Waals surface area contributed by atoms with E-state index in [9.17, 15) is 4.79 Å². The molecule has 5 nitrogen and oxygen atoms in total. The summed E-state index contributed by atoms with van der Waals surface area (Å²) in [5, 5.41) is 3.41. The third-order valence-electron chi connectivity index (χ3n) is 6.04. The van der Waals surface area contributed by atoms with Gasteiger partial charge in [0.15, 0.2) is 0 Å². The van der Waals surface area contributed by atoms with Gasteiger partial charge in [0.1, 0.15) is 0 Å².